The number of nitrogen functional groups attached to an aromatic ring is 1. The number of benzene rings is 1. The second kappa shape index (κ2) is 5.12. The van der Waals surface area contributed by atoms with Gasteiger partial charge in [0, 0.05) is 37.1 Å². The van der Waals surface area contributed by atoms with Crippen LogP contribution in [0.1, 0.15) is 12.0 Å². The monoisotopic (exact) mass is 299 g/mol. The van der Waals surface area contributed by atoms with Crippen molar-refractivity contribution in [3.63, 3.8) is 0 Å². The summed E-state index contributed by atoms with van der Waals surface area (Å²) >= 11 is 0. The molecule has 3 heterocycles. The lowest BCUT2D eigenvalue weighted by molar-refractivity contribution is 0.471. The van der Waals surface area contributed by atoms with Crippen molar-refractivity contribution in [1.82, 2.24) is 9.97 Å². The summed E-state index contributed by atoms with van der Waals surface area (Å²) < 4.78 is 13.0. The van der Waals surface area contributed by atoms with E-state index in [0.29, 0.717) is 12.0 Å². The third-order valence-corrected chi connectivity index (χ3v) is 4.53. The number of aryl methyl sites for hydroxylation is 1. The van der Waals surface area contributed by atoms with E-state index in [2.05, 4.69) is 31.9 Å². The van der Waals surface area contributed by atoms with Gasteiger partial charge in [-0.15, -0.1) is 0 Å². The van der Waals surface area contributed by atoms with E-state index in [1.807, 2.05) is 6.07 Å². The second-order valence-corrected chi connectivity index (χ2v) is 5.92. The van der Waals surface area contributed by atoms with Gasteiger partial charge in [-0.1, -0.05) is 0 Å². The van der Waals surface area contributed by atoms with Gasteiger partial charge in [0.1, 0.15) is 0 Å². The Hall–Kier alpha value is -2.37. The number of piperazine rings is 1. The number of anilines is 3. The van der Waals surface area contributed by atoms with Gasteiger partial charge in [-0.3, -0.25) is 0 Å². The molecule has 22 heavy (non-hydrogen) atoms. The minimum atomic E-state index is -0.397. The maximum atomic E-state index is 13.0. The Labute approximate surface area is 128 Å². The van der Waals surface area contributed by atoms with E-state index in [1.165, 1.54) is 23.6 Å². The molecule has 114 valence electrons. The molecule has 1 unspecified atom stereocenters. The minimum absolute atomic E-state index is 0.397. The second-order valence-electron chi connectivity index (χ2n) is 5.92. The summed E-state index contributed by atoms with van der Waals surface area (Å²) in [6.45, 7) is 2.63. The molecule has 0 radical (unpaired) electrons. The first kappa shape index (κ1) is 13.3. The molecular formula is C16H18FN5. The highest BCUT2D eigenvalue weighted by atomic mass is 19.1. The summed E-state index contributed by atoms with van der Waals surface area (Å²) in [5.41, 5.74) is 9.35. The number of halogens is 1. The van der Waals surface area contributed by atoms with E-state index >= 15 is 0 Å². The van der Waals surface area contributed by atoms with Gasteiger partial charge in [-0.05, 0) is 36.6 Å². The highest BCUT2D eigenvalue weighted by molar-refractivity contribution is 5.62. The number of aromatic nitrogens is 2. The van der Waals surface area contributed by atoms with Crippen molar-refractivity contribution in [3.05, 3.63) is 42.0 Å². The van der Waals surface area contributed by atoms with Crippen LogP contribution in [0, 0.1) is 5.82 Å². The molecular weight excluding hydrogens is 281 g/mol. The zero-order valence-corrected chi connectivity index (χ0v) is 12.2. The predicted molar refractivity (Wildman–Crippen MR) is 84.5 cm³/mol. The van der Waals surface area contributed by atoms with Gasteiger partial charge in [0.25, 0.3) is 0 Å². The summed E-state index contributed by atoms with van der Waals surface area (Å²) in [6.07, 6.45) is 4.59. The number of fused-ring (bicyclic) bond motifs is 3. The summed E-state index contributed by atoms with van der Waals surface area (Å²) in [7, 11) is 0. The molecule has 2 aromatic rings. The Bertz CT molecular complexity index is 687. The van der Waals surface area contributed by atoms with E-state index in [-0.39, 0.29) is 0 Å². The van der Waals surface area contributed by atoms with E-state index in [0.717, 1.165) is 38.2 Å². The van der Waals surface area contributed by atoms with Gasteiger partial charge in [-0.2, -0.15) is 0 Å². The van der Waals surface area contributed by atoms with Crippen molar-refractivity contribution in [2.45, 2.75) is 18.9 Å². The lowest BCUT2D eigenvalue weighted by Crippen LogP contribution is -2.55. The Balaban J connectivity index is 1.56. The topological polar surface area (TPSA) is 58.3 Å². The molecule has 0 bridgehead atoms. The largest absolute Gasteiger partial charge is 0.399 e. The summed E-state index contributed by atoms with van der Waals surface area (Å²) in [5, 5.41) is 0. The zero-order chi connectivity index (χ0) is 15.1. The van der Waals surface area contributed by atoms with Crippen LogP contribution in [0.3, 0.4) is 0 Å². The molecule has 1 saturated heterocycles. The Morgan fingerprint density at radius 2 is 2.00 bits per heavy atom. The van der Waals surface area contributed by atoms with Crippen LogP contribution in [0.2, 0.25) is 0 Å². The number of nitrogens with zero attached hydrogens (tertiary/aromatic N) is 4. The van der Waals surface area contributed by atoms with Crippen LogP contribution in [0.4, 0.5) is 21.7 Å². The van der Waals surface area contributed by atoms with Crippen molar-refractivity contribution in [2.75, 3.05) is 35.2 Å². The molecule has 0 spiro atoms. The van der Waals surface area contributed by atoms with Crippen molar-refractivity contribution in [2.24, 2.45) is 0 Å². The number of nitrogens with two attached hydrogens (primary N) is 1. The summed E-state index contributed by atoms with van der Waals surface area (Å²) in [5.74, 6) is 0.218. The third kappa shape index (κ3) is 2.24. The van der Waals surface area contributed by atoms with Gasteiger partial charge >= 0.3 is 0 Å². The molecule has 2 N–H and O–H groups in total. The maximum Gasteiger partial charge on any atom is 0.225 e. The first-order valence-corrected chi connectivity index (χ1v) is 7.58. The fraction of sp³-hybridized carbons (Fsp3) is 0.375. The van der Waals surface area contributed by atoms with Crippen molar-refractivity contribution in [1.29, 1.82) is 0 Å². The molecule has 1 atom stereocenters. The van der Waals surface area contributed by atoms with Crippen LogP contribution in [0.25, 0.3) is 0 Å². The Morgan fingerprint density at radius 3 is 2.82 bits per heavy atom. The lowest BCUT2D eigenvalue weighted by Gasteiger charge is -2.46. The molecule has 6 heteroatoms. The maximum absolute atomic E-state index is 13.0. The SMILES string of the molecule is Nc1ccc2c(c1)CCC1CN(c3ncc(F)cn3)CCN21. The van der Waals surface area contributed by atoms with Crippen molar-refractivity contribution in [3.8, 4) is 0 Å². The van der Waals surface area contributed by atoms with E-state index < -0.39 is 5.82 Å². The van der Waals surface area contributed by atoms with Crippen LogP contribution in [0.5, 0.6) is 0 Å². The molecule has 0 aliphatic carbocycles. The normalized spacial score (nSPS) is 20.5. The molecule has 1 aromatic carbocycles. The molecule has 0 saturated carbocycles. The summed E-state index contributed by atoms with van der Waals surface area (Å²) in [4.78, 5) is 12.8. The van der Waals surface area contributed by atoms with Crippen LogP contribution < -0.4 is 15.5 Å². The van der Waals surface area contributed by atoms with Gasteiger partial charge < -0.3 is 15.5 Å². The third-order valence-electron chi connectivity index (χ3n) is 4.53. The van der Waals surface area contributed by atoms with Crippen LogP contribution in [0.15, 0.2) is 30.6 Å². The highest BCUT2D eigenvalue weighted by Gasteiger charge is 2.32. The molecule has 1 aromatic heterocycles. The molecule has 0 amide bonds. The van der Waals surface area contributed by atoms with Crippen LogP contribution in [-0.4, -0.2) is 35.6 Å². The fourth-order valence-corrected chi connectivity index (χ4v) is 3.48. The van der Waals surface area contributed by atoms with E-state index in [9.17, 15) is 4.39 Å². The lowest BCUT2D eigenvalue weighted by atomic mass is 9.93. The fourth-order valence-electron chi connectivity index (χ4n) is 3.48. The molecule has 2 aliphatic heterocycles. The van der Waals surface area contributed by atoms with Crippen LogP contribution >= 0.6 is 0 Å². The van der Waals surface area contributed by atoms with Crippen LogP contribution in [-0.2, 0) is 6.42 Å². The molecule has 1 fully saturated rings. The summed E-state index contributed by atoms with van der Waals surface area (Å²) in [6, 6.07) is 6.62. The average Bonchev–Trinajstić information content (AvgIpc) is 2.54. The molecule has 2 aliphatic rings. The van der Waals surface area contributed by atoms with Gasteiger partial charge in [-0.25, -0.2) is 14.4 Å². The quantitative estimate of drug-likeness (QED) is 0.814. The highest BCUT2D eigenvalue weighted by Crippen LogP contribution is 2.34. The van der Waals surface area contributed by atoms with Gasteiger partial charge in [0.2, 0.25) is 5.95 Å². The standard InChI is InChI=1S/C16H18FN5/c17-12-8-19-16(20-9-12)21-5-6-22-14(10-21)3-1-11-7-13(18)2-4-15(11)22/h2,4,7-9,14H,1,3,5-6,10,18H2. The molecule has 4 rings (SSSR count). The Morgan fingerprint density at radius 1 is 1.18 bits per heavy atom. The van der Waals surface area contributed by atoms with Gasteiger partial charge in [0.15, 0.2) is 5.82 Å². The van der Waals surface area contributed by atoms with Crippen molar-refractivity contribution >= 4 is 17.3 Å². The van der Waals surface area contributed by atoms with Crippen molar-refractivity contribution < 1.29 is 4.39 Å². The molecule has 5 nitrogen and oxygen atoms in total. The van der Waals surface area contributed by atoms with Gasteiger partial charge in [0.05, 0.1) is 12.4 Å². The zero-order valence-electron chi connectivity index (χ0n) is 12.2. The predicted octanol–water partition coefficient (Wildman–Crippen LogP) is 1.84. The average molecular weight is 299 g/mol. The number of hydrogen-bond donors (Lipinski definition) is 1. The smallest absolute Gasteiger partial charge is 0.225 e. The first-order valence-electron chi connectivity index (χ1n) is 7.58. The van der Waals surface area contributed by atoms with E-state index in [1.54, 1.807) is 0 Å². The number of rotatable bonds is 1. The minimum Gasteiger partial charge on any atom is -0.399 e. The first-order chi connectivity index (χ1) is 10.7. The van der Waals surface area contributed by atoms with E-state index in [4.69, 9.17) is 5.73 Å². The Kier molecular flexibility index (Phi) is 3.10. The number of hydrogen-bond acceptors (Lipinski definition) is 5.